The second-order valence-corrected chi connectivity index (χ2v) is 6.51. The first kappa shape index (κ1) is 13.8. The molecule has 2 fully saturated rings. The number of rotatable bonds is 4. The maximum atomic E-state index is 3.76. The average molecular weight is 270 g/mol. The van der Waals surface area contributed by atoms with Gasteiger partial charge in [-0.15, -0.1) is 0 Å². The third kappa shape index (κ3) is 3.31. The minimum Gasteiger partial charge on any atom is -0.307 e. The quantitative estimate of drug-likeness (QED) is 0.844. The van der Waals surface area contributed by atoms with Gasteiger partial charge in [-0.25, -0.2) is 0 Å². The molecule has 1 saturated carbocycles. The van der Waals surface area contributed by atoms with Gasteiger partial charge in [0.05, 0.1) is 0 Å². The lowest BCUT2D eigenvalue weighted by Crippen LogP contribution is -2.53. The molecule has 20 heavy (non-hydrogen) atoms. The molecule has 1 N–H and O–H groups in total. The van der Waals surface area contributed by atoms with Gasteiger partial charge in [0.1, 0.15) is 0 Å². The van der Waals surface area contributed by atoms with Crippen LogP contribution >= 0.6 is 0 Å². The maximum Gasteiger partial charge on any atom is 0.0450 e. The highest BCUT2D eigenvalue weighted by Gasteiger charge is 2.38. The van der Waals surface area contributed by atoms with Crippen LogP contribution in [-0.4, -0.2) is 30.6 Å². The van der Waals surface area contributed by atoms with Crippen molar-refractivity contribution in [3.8, 4) is 0 Å². The highest BCUT2D eigenvalue weighted by molar-refractivity contribution is 5.20. The van der Waals surface area contributed by atoms with Crippen LogP contribution in [0.25, 0.3) is 0 Å². The van der Waals surface area contributed by atoms with Gasteiger partial charge >= 0.3 is 0 Å². The van der Waals surface area contributed by atoms with Crippen LogP contribution in [0, 0.1) is 5.92 Å². The second-order valence-electron chi connectivity index (χ2n) is 6.51. The smallest absolute Gasteiger partial charge is 0.0450 e. The Morgan fingerprint density at radius 1 is 1.25 bits per heavy atom. The highest BCUT2D eigenvalue weighted by atomic mass is 15.2. The molecule has 0 bridgehead atoms. The fraction of sp³-hybridized carbons (Fsp3) is 0.556. The normalized spacial score (nSPS) is 27.3. The summed E-state index contributed by atoms with van der Waals surface area (Å²) in [5, 5.41) is 3.76. The summed E-state index contributed by atoms with van der Waals surface area (Å²) < 4.78 is 0. The fourth-order valence-corrected chi connectivity index (χ4v) is 3.19. The van der Waals surface area contributed by atoms with Crippen LogP contribution in [0.1, 0.15) is 38.3 Å². The minimum absolute atomic E-state index is 0.483. The summed E-state index contributed by atoms with van der Waals surface area (Å²) in [5.41, 5.74) is 2.85. The Balaban J connectivity index is 1.70. The van der Waals surface area contributed by atoms with E-state index >= 15 is 0 Å². The van der Waals surface area contributed by atoms with Gasteiger partial charge in [0, 0.05) is 31.7 Å². The van der Waals surface area contributed by atoms with Crippen molar-refractivity contribution in [3.05, 3.63) is 47.5 Å². The maximum absolute atomic E-state index is 3.76. The molecule has 1 aliphatic carbocycles. The van der Waals surface area contributed by atoms with Crippen LogP contribution in [0.3, 0.4) is 0 Å². The molecule has 2 atom stereocenters. The van der Waals surface area contributed by atoms with Crippen LogP contribution < -0.4 is 5.32 Å². The monoisotopic (exact) mass is 270 g/mol. The topological polar surface area (TPSA) is 15.3 Å². The van der Waals surface area contributed by atoms with E-state index in [2.05, 4.69) is 60.5 Å². The number of nitrogens with one attached hydrogen (secondary N) is 1. The van der Waals surface area contributed by atoms with Crippen molar-refractivity contribution in [1.29, 1.82) is 0 Å². The first-order valence-electron chi connectivity index (χ1n) is 7.90. The van der Waals surface area contributed by atoms with Gasteiger partial charge in [-0.1, -0.05) is 42.0 Å². The Hall–Kier alpha value is -1.12. The van der Waals surface area contributed by atoms with Crippen molar-refractivity contribution in [1.82, 2.24) is 10.2 Å². The molecule has 1 saturated heterocycles. The Morgan fingerprint density at radius 3 is 2.65 bits per heavy atom. The molecule has 1 heterocycles. The zero-order valence-electron chi connectivity index (χ0n) is 12.7. The molecule has 108 valence electrons. The molecular weight excluding hydrogens is 244 g/mol. The summed E-state index contributed by atoms with van der Waals surface area (Å²) in [4.78, 5) is 2.69. The predicted octanol–water partition coefficient (Wildman–Crippen LogP) is 3.38. The van der Waals surface area contributed by atoms with Gasteiger partial charge in [-0.2, -0.15) is 0 Å². The van der Waals surface area contributed by atoms with E-state index in [-0.39, 0.29) is 0 Å². The molecule has 2 unspecified atom stereocenters. The van der Waals surface area contributed by atoms with E-state index in [0.717, 1.165) is 31.6 Å². The van der Waals surface area contributed by atoms with Gasteiger partial charge in [0.2, 0.25) is 0 Å². The standard InChI is InChI=1S/C18H26N2/c1-14(2)10-11-20-13-17(15-6-4-3-5-7-15)19-12-18(20)16-8-9-16/h3-7,10,16-19H,8-9,11-13H2,1-2H3. The molecule has 1 aliphatic heterocycles. The number of hydrogen-bond acceptors (Lipinski definition) is 2. The minimum atomic E-state index is 0.483. The molecule has 0 radical (unpaired) electrons. The largest absolute Gasteiger partial charge is 0.307 e. The van der Waals surface area contributed by atoms with Crippen LogP contribution in [0.15, 0.2) is 42.0 Å². The SMILES string of the molecule is CC(C)=CCN1CC(c2ccccc2)NCC1C1CC1. The first-order valence-corrected chi connectivity index (χ1v) is 7.90. The molecule has 2 aliphatic rings. The van der Waals surface area contributed by atoms with E-state index in [1.165, 1.54) is 24.0 Å². The molecule has 0 aromatic heterocycles. The Kier molecular flexibility index (Phi) is 4.23. The van der Waals surface area contributed by atoms with Gasteiger partial charge in [-0.3, -0.25) is 4.90 Å². The van der Waals surface area contributed by atoms with Crippen LogP contribution in [-0.2, 0) is 0 Å². The van der Waals surface area contributed by atoms with Crippen LogP contribution in [0.2, 0.25) is 0 Å². The van der Waals surface area contributed by atoms with Crippen molar-refractivity contribution < 1.29 is 0 Å². The van der Waals surface area contributed by atoms with Crippen molar-refractivity contribution in [2.45, 2.75) is 38.8 Å². The zero-order valence-corrected chi connectivity index (χ0v) is 12.7. The number of hydrogen-bond donors (Lipinski definition) is 1. The summed E-state index contributed by atoms with van der Waals surface area (Å²) >= 11 is 0. The van der Waals surface area contributed by atoms with Gasteiger partial charge in [0.25, 0.3) is 0 Å². The third-order valence-electron chi connectivity index (χ3n) is 4.56. The Labute approximate surface area is 122 Å². The lowest BCUT2D eigenvalue weighted by atomic mass is 9.99. The van der Waals surface area contributed by atoms with Crippen molar-refractivity contribution >= 4 is 0 Å². The van der Waals surface area contributed by atoms with E-state index in [1.807, 2.05) is 0 Å². The highest BCUT2D eigenvalue weighted by Crippen LogP contribution is 2.37. The van der Waals surface area contributed by atoms with Crippen molar-refractivity contribution in [2.75, 3.05) is 19.6 Å². The molecule has 0 amide bonds. The summed E-state index contributed by atoms with van der Waals surface area (Å²) in [6.45, 7) is 7.77. The lowest BCUT2D eigenvalue weighted by Gasteiger charge is -2.40. The Morgan fingerprint density at radius 2 is 2.00 bits per heavy atom. The first-order chi connectivity index (χ1) is 9.74. The van der Waals surface area contributed by atoms with E-state index in [4.69, 9.17) is 0 Å². The van der Waals surface area contributed by atoms with E-state index in [1.54, 1.807) is 0 Å². The molecule has 2 heteroatoms. The summed E-state index contributed by atoms with van der Waals surface area (Å²) in [7, 11) is 0. The van der Waals surface area contributed by atoms with Crippen LogP contribution in [0.5, 0.6) is 0 Å². The number of piperazine rings is 1. The van der Waals surface area contributed by atoms with Gasteiger partial charge in [0.15, 0.2) is 0 Å². The summed E-state index contributed by atoms with van der Waals surface area (Å²) in [5.74, 6) is 0.935. The zero-order chi connectivity index (χ0) is 13.9. The molecule has 1 aromatic carbocycles. The average Bonchev–Trinajstić information content (AvgIpc) is 3.30. The fourth-order valence-electron chi connectivity index (χ4n) is 3.19. The van der Waals surface area contributed by atoms with Crippen molar-refractivity contribution in [2.24, 2.45) is 5.92 Å². The molecular formula is C18H26N2. The Bertz CT molecular complexity index is 458. The second kappa shape index (κ2) is 6.11. The lowest BCUT2D eigenvalue weighted by molar-refractivity contribution is 0.129. The molecule has 2 nitrogen and oxygen atoms in total. The van der Waals surface area contributed by atoms with E-state index in [0.29, 0.717) is 6.04 Å². The summed E-state index contributed by atoms with van der Waals surface area (Å²) in [6, 6.07) is 12.1. The number of benzene rings is 1. The predicted molar refractivity (Wildman–Crippen MR) is 84.7 cm³/mol. The molecule has 3 rings (SSSR count). The van der Waals surface area contributed by atoms with Crippen molar-refractivity contribution in [3.63, 3.8) is 0 Å². The number of allylic oxidation sites excluding steroid dienone is 1. The van der Waals surface area contributed by atoms with Crippen LogP contribution in [0.4, 0.5) is 0 Å². The van der Waals surface area contributed by atoms with E-state index in [9.17, 15) is 0 Å². The molecule has 0 spiro atoms. The third-order valence-corrected chi connectivity index (χ3v) is 4.56. The number of nitrogens with zero attached hydrogens (tertiary/aromatic N) is 1. The summed E-state index contributed by atoms with van der Waals surface area (Å²) in [6.07, 6.45) is 5.23. The van der Waals surface area contributed by atoms with E-state index < -0.39 is 0 Å². The van der Waals surface area contributed by atoms with Gasteiger partial charge in [-0.05, 0) is 38.2 Å². The molecule has 1 aromatic rings. The van der Waals surface area contributed by atoms with Gasteiger partial charge < -0.3 is 5.32 Å².